The van der Waals surface area contributed by atoms with Crippen LogP contribution in [0.3, 0.4) is 0 Å². The van der Waals surface area contributed by atoms with Crippen molar-refractivity contribution in [2.24, 2.45) is 10.9 Å². The maximum atomic E-state index is 11.5. The lowest BCUT2D eigenvalue weighted by molar-refractivity contribution is -0.122. The molecule has 6 nitrogen and oxygen atoms in total. The summed E-state index contributed by atoms with van der Waals surface area (Å²) in [5.41, 5.74) is 0. The van der Waals surface area contributed by atoms with Crippen molar-refractivity contribution in [2.45, 2.75) is 19.8 Å². The first-order valence-corrected chi connectivity index (χ1v) is 8.75. The number of amides is 1. The van der Waals surface area contributed by atoms with E-state index in [1.54, 1.807) is 12.1 Å². The highest BCUT2D eigenvalue weighted by atomic mass is 127. The number of hydrogen-bond donors (Lipinski definition) is 3. The molecule has 1 saturated carbocycles. The van der Waals surface area contributed by atoms with Gasteiger partial charge in [-0.05, 0) is 44.0 Å². The van der Waals surface area contributed by atoms with E-state index in [1.165, 1.54) is 0 Å². The molecule has 0 bridgehead atoms. The second-order valence-electron chi connectivity index (χ2n) is 5.56. The minimum absolute atomic E-state index is 0. The van der Waals surface area contributed by atoms with Crippen LogP contribution >= 0.6 is 35.6 Å². The first kappa shape index (κ1) is 21.8. The Morgan fingerprint density at radius 1 is 1.20 bits per heavy atom. The van der Waals surface area contributed by atoms with Gasteiger partial charge in [-0.2, -0.15) is 0 Å². The molecule has 0 spiro atoms. The van der Waals surface area contributed by atoms with Crippen LogP contribution in [0.1, 0.15) is 19.8 Å². The molecule has 1 fully saturated rings. The molecule has 8 heteroatoms. The molecule has 0 heterocycles. The number of guanidine groups is 1. The zero-order valence-electron chi connectivity index (χ0n) is 14.4. The van der Waals surface area contributed by atoms with Crippen LogP contribution in [0.15, 0.2) is 29.3 Å². The maximum absolute atomic E-state index is 11.5. The largest absolute Gasteiger partial charge is 0.492 e. The monoisotopic (exact) mass is 480 g/mol. The fourth-order valence-electron chi connectivity index (χ4n) is 2.05. The summed E-state index contributed by atoms with van der Waals surface area (Å²) in [4.78, 5) is 16.0. The number of carbonyl (C=O) groups excluding carboxylic acids is 1. The predicted octanol–water partition coefficient (Wildman–Crippen LogP) is 2.42. The van der Waals surface area contributed by atoms with Crippen molar-refractivity contribution in [3.05, 3.63) is 29.3 Å². The lowest BCUT2D eigenvalue weighted by Gasteiger charge is -2.12. The molecule has 0 unspecified atom stereocenters. The molecule has 1 aliphatic rings. The zero-order chi connectivity index (χ0) is 17.2. The fraction of sp³-hybridized carbons (Fsp3) is 0.529. The van der Waals surface area contributed by atoms with Crippen LogP contribution in [0.4, 0.5) is 0 Å². The van der Waals surface area contributed by atoms with Gasteiger partial charge in [0, 0.05) is 24.0 Å². The Kier molecular flexibility index (Phi) is 10.6. The van der Waals surface area contributed by atoms with E-state index in [-0.39, 0.29) is 35.8 Å². The third kappa shape index (κ3) is 9.15. The third-order valence-corrected chi connectivity index (χ3v) is 3.70. The molecule has 140 valence electrons. The van der Waals surface area contributed by atoms with Gasteiger partial charge in [0.05, 0.1) is 13.1 Å². The minimum atomic E-state index is 0. The van der Waals surface area contributed by atoms with Gasteiger partial charge in [0.1, 0.15) is 12.4 Å². The standard InChI is InChI=1S/C17H25ClN4O2.HI/c1-2-19-17(21-10-9-20-16(23)13-3-4-13)22-11-12-24-15-7-5-14(18)6-8-15;/h5-8,13H,2-4,9-12H2,1H3,(H,20,23)(H2,19,21,22);1H. The van der Waals surface area contributed by atoms with Crippen LogP contribution in [0.2, 0.25) is 5.02 Å². The number of nitrogens with zero attached hydrogens (tertiary/aromatic N) is 1. The summed E-state index contributed by atoms with van der Waals surface area (Å²) in [6.07, 6.45) is 2.04. The average Bonchev–Trinajstić information content (AvgIpc) is 3.41. The first-order chi connectivity index (χ1) is 11.7. The first-order valence-electron chi connectivity index (χ1n) is 8.37. The summed E-state index contributed by atoms with van der Waals surface area (Å²) < 4.78 is 5.62. The van der Waals surface area contributed by atoms with Gasteiger partial charge in [-0.15, -0.1) is 24.0 Å². The molecule has 0 radical (unpaired) electrons. The van der Waals surface area contributed by atoms with E-state index >= 15 is 0 Å². The molecular weight excluding hydrogens is 455 g/mol. The highest BCUT2D eigenvalue weighted by Gasteiger charge is 2.28. The van der Waals surface area contributed by atoms with Gasteiger partial charge in [0.25, 0.3) is 0 Å². The SMILES string of the molecule is CCNC(=NCCNC(=O)C1CC1)NCCOc1ccc(Cl)cc1.I. The van der Waals surface area contributed by atoms with Gasteiger partial charge in [-0.3, -0.25) is 9.79 Å². The second kappa shape index (κ2) is 12.2. The van der Waals surface area contributed by atoms with Crippen LogP contribution in [-0.4, -0.2) is 44.7 Å². The number of rotatable bonds is 9. The topological polar surface area (TPSA) is 74.8 Å². The van der Waals surface area contributed by atoms with Crippen LogP contribution < -0.4 is 20.7 Å². The minimum Gasteiger partial charge on any atom is -0.492 e. The lowest BCUT2D eigenvalue weighted by Crippen LogP contribution is -2.40. The smallest absolute Gasteiger partial charge is 0.223 e. The van der Waals surface area contributed by atoms with Gasteiger partial charge in [-0.25, -0.2) is 0 Å². The van der Waals surface area contributed by atoms with E-state index in [4.69, 9.17) is 16.3 Å². The zero-order valence-corrected chi connectivity index (χ0v) is 17.5. The van der Waals surface area contributed by atoms with E-state index < -0.39 is 0 Å². The van der Waals surface area contributed by atoms with Crippen molar-refractivity contribution in [3.63, 3.8) is 0 Å². The number of aliphatic imine (C=N–C) groups is 1. The summed E-state index contributed by atoms with van der Waals surface area (Å²) in [5, 5.41) is 9.95. The number of benzene rings is 1. The van der Waals surface area contributed by atoms with Gasteiger partial charge in [0.15, 0.2) is 5.96 Å². The van der Waals surface area contributed by atoms with Crippen molar-refractivity contribution in [1.82, 2.24) is 16.0 Å². The highest BCUT2D eigenvalue weighted by Crippen LogP contribution is 2.28. The van der Waals surface area contributed by atoms with E-state index in [2.05, 4.69) is 20.9 Å². The summed E-state index contributed by atoms with van der Waals surface area (Å²) in [5.74, 6) is 1.90. The maximum Gasteiger partial charge on any atom is 0.223 e. The summed E-state index contributed by atoms with van der Waals surface area (Å²) in [7, 11) is 0. The molecule has 3 N–H and O–H groups in total. The summed E-state index contributed by atoms with van der Waals surface area (Å²) >= 11 is 5.83. The normalized spacial score (nSPS) is 13.6. The van der Waals surface area contributed by atoms with Crippen LogP contribution in [0.25, 0.3) is 0 Å². The third-order valence-electron chi connectivity index (χ3n) is 3.45. The molecule has 25 heavy (non-hydrogen) atoms. The number of nitrogens with one attached hydrogen (secondary N) is 3. The molecule has 1 aromatic rings. The molecule has 0 aliphatic heterocycles. The average molecular weight is 481 g/mol. The van der Waals surface area contributed by atoms with Crippen molar-refractivity contribution < 1.29 is 9.53 Å². The lowest BCUT2D eigenvalue weighted by atomic mass is 10.3. The Balaban J connectivity index is 0.00000312. The highest BCUT2D eigenvalue weighted by molar-refractivity contribution is 14.0. The van der Waals surface area contributed by atoms with E-state index in [0.717, 1.165) is 31.1 Å². The van der Waals surface area contributed by atoms with E-state index in [9.17, 15) is 4.79 Å². The van der Waals surface area contributed by atoms with Crippen molar-refractivity contribution in [3.8, 4) is 5.75 Å². The van der Waals surface area contributed by atoms with Gasteiger partial charge in [0.2, 0.25) is 5.91 Å². The predicted molar refractivity (Wildman–Crippen MR) is 112 cm³/mol. The number of ether oxygens (including phenoxy) is 1. The van der Waals surface area contributed by atoms with Crippen molar-refractivity contribution in [1.29, 1.82) is 0 Å². The van der Waals surface area contributed by atoms with Crippen molar-refractivity contribution >= 4 is 47.4 Å². The van der Waals surface area contributed by atoms with E-state index in [1.807, 2.05) is 19.1 Å². The Morgan fingerprint density at radius 3 is 2.56 bits per heavy atom. The quantitative estimate of drug-likeness (QED) is 0.220. The van der Waals surface area contributed by atoms with E-state index in [0.29, 0.717) is 31.3 Å². The van der Waals surface area contributed by atoms with Crippen LogP contribution in [-0.2, 0) is 4.79 Å². The fourth-order valence-corrected chi connectivity index (χ4v) is 2.17. The Morgan fingerprint density at radius 2 is 1.92 bits per heavy atom. The second-order valence-corrected chi connectivity index (χ2v) is 5.99. The molecular formula is C17H26ClIN4O2. The van der Waals surface area contributed by atoms with Crippen LogP contribution in [0, 0.1) is 5.92 Å². The Hall–Kier alpha value is -1.22. The van der Waals surface area contributed by atoms with Gasteiger partial charge < -0.3 is 20.7 Å². The number of halogens is 2. The molecule has 1 aliphatic carbocycles. The Labute approximate surface area is 171 Å². The summed E-state index contributed by atoms with van der Waals surface area (Å²) in [6, 6.07) is 7.27. The Bertz CT molecular complexity index is 550. The van der Waals surface area contributed by atoms with Crippen molar-refractivity contribution in [2.75, 3.05) is 32.8 Å². The molecule has 1 aromatic carbocycles. The summed E-state index contributed by atoms with van der Waals surface area (Å²) in [6.45, 7) is 5.04. The molecule has 0 saturated heterocycles. The molecule has 0 aromatic heterocycles. The molecule has 0 atom stereocenters. The molecule has 2 rings (SSSR count). The van der Waals surface area contributed by atoms with Gasteiger partial charge >= 0.3 is 0 Å². The number of hydrogen-bond acceptors (Lipinski definition) is 3. The number of carbonyl (C=O) groups is 1. The molecule has 1 amide bonds. The van der Waals surface area contributed by atoms with Gasteiger partial charge in [-0.1, -0.05) is 11.6 Å². The van der Waals surface area contributed by atoms with Crippen LogP contribution in [0.5, 0.6) is 5.75 Å².